The van der Waals surface area contributed by atoms with E-state index in [9.17, 15) is 0 Å². The van der Waals surface area contributed by atoms with Crippen LogP contribution in [0.25, 0.3) is 6.08 Å². The molecule has 5 heteroatoms. The molecule has 0 atom stereocenters. The zero-order valence-corrected chi connectivity index (χ0v) is 12.4. The molecule has 1 aromatic carbocycles. The van der Waals surface area contributed by atoms with Gasteiger partial charge in [0, 0.05) is 31.9 Å². The van der Waals surface area contributed by atoms with E-state index in [-0.39, 0.29) is 4.99 Å². The minimum Gasteiger partial charge on any atom is -0.389 e. The first-order chi connectivity index (χ1) is 9.60. The summed E-state index contributed by atoms with van der Waals surface area (Å²) in [5, 5.41) is 8.94. The molecule has 1 aliphatic rings. The zero-order valence-electron chi connectivity index (χ0n) is 11.5. The summed E-state index contributed by atoms with van der Waals surface area (Å²) in [5.74, 6) is 0. The molecule has 0 unspecified atom stereocenters. The second-order valence-electron chi connectivity index (χ2n) is 4.92. The summed E-state index contributed by atoms with van der Waals surface area (Å²) in [6, 6.07) is 10.1. The van der Waals surface area contributed by atoms with Crippen molar-refractivity contribution in [1.82, 2.24) is 4.90 Å². The smallest absolute Gasteiger partial charge is 0.114 e. The predicted octanol–water partition coefficient (Wildman–Crippen LogP) is 1.63. The second kappa shape index (κ2) is 6.51. The Labute approximate surface area is 125 Å². The Balaban J connectivity index is 2.11. The third-order valence-electron chi connectivity index (χ3n) is 3.46. The van der Waals surface area contributed by atoms with Crippen LogP contribution in [0, 0.1) is 11.3 Å². The highest BCUT2D eigenvalue weighted by molar-refractivity contribution is 7.80. The SMILES string of the molecule is CN1CCN(c2ccc(/C=C(\C#N)C(N)=S)cc2)CC1. The molecule has 0 amide bonds. The number of nitriles is 1. The largest absolute Gasteiger partial charge is 0.389 e. The van der Waals surface area contributed by atoms with Crippen LogP contribution in [0.5, 0.6) is 0 Å². The van der Waals surface area contributed by atoms with Gasteiger partial charge in [0.2, 0.25) is 0 Å². The fraction of sp³-hybridized carbons (Fsp3) is 0.333. The van der Waals surface area contributed by atoms with E-state index in [0.717, 1.165) is 31.7 Å². The van der Waals surface area contributed by atoms with Gasteiger partial charge in [0.05, 0.1) is 5.57 Å². The maximum absolute atomic E-state index is 8.94. The number of piperazine rings is 1. The first kappa shape index (κ1) is 14.5. The maximum atomic E-state index is 8.94. The van der Waals surface area contributed by atoms with Crippen LogP contribution in [-0.4, -0.2) is 43.1 Å². The van der Waals surface area contributed by atoms with Crippen molar-refractivity contribution in [3.63, 3.8) is 0 Å². The number of likely N-dealkylation sites (N-methyl/N-ethyl adjacent to an activating group) is 1. The first-order valence-corrected chi connectivity index (χ1v) is 6.96. The average molecular weight is 286 g/mol. The van der Waals surface area contributed by atoms with Crippen molar-refractivity contribution in [2.24, 2.45) is 5.73 Å². The molecule has 1 saturated heterocycles. The first-order valence-electron chi connectivity index (χ1n) is 6.55. The third kappa shape index (κ3) is 3.56. The van der Waals surface area contributed by atoms with Crippen LogP contribution < -0.4 is 10.6 Å². The number of nitrogens with zero attached hydrogens (tertiary/aromatic N) is 3. The molecule has 4 nitrogen and oxygen atoms in total. The van der Waals surface area contributed by atoms with Gasteiger partial charge in [0.15, 0.2) is 0 Å². The van der Waals surface area contributed by atoms with E-state index < -0.39 is 0 Å². The van der Waals surface area contributed by atoms with Gasteiger partial charge >= 0.3 is 0 Å². The molecule has 0 aromatic heterocycles. The summed E-state index contributed by atoms with van der Waals surface area (Å²) in [4.78, 5) is 4.83. The van der Waals surface area contributed by atoms with E-state index in [1.807, 2.05) is 18.2 Å². The maximum Gasteiger partial charge on any atom is 0.114 e. The molecule has 2 N–H and O–H groups in total. The lowest BCUT2D eigenvalue weighted by Crippen LogP contribution is -2.44. The van der Waals surface area contributed by atoms with Crippen LogP contribution in [0.4, 0.5) is 5.69 Å². The molecule has 104 valence electrons. The van der Waals surface area contributed by atoms with Gasteiger partial charge in [0.25, 0.3) is 0 Å². The van der Waals surface area contributed by atoms with Gasteiger partial charge in [-0.05, 0) is 30.8 Å². The standard InChI is InChI=1S/C15H18N4S/c1-18-6-8-19(9-7-18)14-4-2-12(3-5-14)10-13(11-16)15(17)20/h2-5,10H,6-9H2,1H3,(H2,17,20)/b13-10+. The van der Waals surface area contributed by atoms with E-state index in [1.165, 1.54) is 5.69 Å². The highest BCUT2D eigenvalue weighted by atomic mass is 32.1. The van der Waals surface area contributed by atoms with Crippen molar-refractivity contribution >= 4 is 29.0 Å². The number of anilines is 1. The summed E-state index contributed by atoms with van der Waals surface area (Å²) in [6.07, 6.45) is 1.72. The van der Waals surface area contributed by atoms with Crippen LogP contribution in [0.1, 0.15) is 5.56 Å². The Morgan fingerprint density at radius 1 is 1.25 bits per heavy atom. The monoisotopic (exact) mass is 286 g/mol. The van der Waals surface area contributed by atoms with Gasteiger partial charge in [-0.1, -0.05) is 24.4 Å². The molecule has 1 aromatic rings. The van der Waals surface area contributed by atoms with Gasteiger partial charge in [-0.25, -0.2) is 0 Å². The van der Waals surface area contributed by atoms with E-state index in [0.29, 0.717) is 5.57 Å². The normalized spacial score (nSPS) is 16.8. The van der Waals surface area contributed by atoms with Crippen LogP contribution in [0.3, 0.4) is 0 Å². The van der Waals surface area contributed by atoms with Crippen molar-refractivity contribution < 1.29 is 0 Å². The molecule has 0 spiro atoms. The summed E-state index contributed by atoms with van der Waals surface area (Å²) in [5.41, 5.74) is 7.97. The number of hydrogen-bond acceptors (Lipinski definition) is 4. The summed E-state index contributed by atoms with van der Waals surface area (Å²) in [7, 11) is 2.14. The van der Waals surface area contributed by atoms with Crippen molar-refractivity contribution in [3.05, 3.63) is 35.4 Å². The van der Waals surface area contributed by atoms with Crippen molar-refractivity contribution in [3.8, 4) is 6.07 Å². The van der Waals surface area contributed by atoms with Gasteiger partial charge in [0.1, 0.15) is 11.1 Å². The number of thiocarbonyl (C=S) groups is 1. The van der Waals surface area contributed by atoms with Crippen LogP contribution in [-0.2, 0) is 0 Å². The molecular weight excluding hydrogens is 268 g/mol. The highest BCUT2D eigenvalue weighted by Gasteiger charge is 2.13. The molecule has 2 rings (SSSR count). The van der Waals surface area contributed by atoms with E-state index >= 15 is 0 Å². The summed E-state index contributed by atoms with van der Waals surface area (Å²) >= 11 is 4.83. The molecular formula is C15H18N4S. The highest BCUT2D eigenvalue weighted by Crippen LogP contribution is 2.18. The topological polar surface area (TPSA) is 56.3 Å². The lowest BCUT2D eigenvalue weighted by atomic mass is 10.1. The van der Waals surface area contributed by atoms with Crippen LogP contribution in [0.15, 0.2) is 29.8 Å². The van der Waals surface area contributed by atoms with Gasteiger partial charge < -0.3 is 15.5 Å². The lowest BCUT2D eigenvalue weighted by molar-refractivity contribution is 0.313. The van der Waals surface area contributed by atoms with Gasteiger partial charge in [-0.3, -0.25) is 0 Å². The zero-order chi connectivity index (χ0) is 14.5. The van der Waals surface area contributed by atoms with Crippen molar-refractivity contribution in [1.29, 1.82) is 5.26 Å². The molecule has 20 heavy (non-hydrogen) atoms. The van der Waals surface area contributed by atoms with Gasteiger partial charge in [-0.15, -0.1) is 0 Å². The molecule has 0 radical (unpaired) electrons. The molecule has 1 fully saturated rings. The van der Waals surface area contributed by atoms with Crippen LogP contribution >= 0.6 is 12.2 Å². The fourth-order valence-electron chi connectivity index (χ4n) is 2.17. The Bertz CT molecular complexity index is 548. The van der Waals surface area contributed by atoms with E-state index in [4.69, 9.17) is 23.2 Å². The fourth-order valence-corrected chi connectivity index (χ4v) is 2.28. The van der Waals surface area contributed by atoms with Crippen molar-refractivity contribution in [2.45, 2.75) is 0 Å². The molecule has 1 aliphatic heterocycles. The van der Waals surface area contributed by atoms with Crippen molar-refractivity contribution in [2.75, 3.05) is 38.1 Å². The predicted molar refractivity (Wildman–Crippen MR) is 86.5 cm³/mol. The number of rotatable bonds is 3. The van der Waals surface area contributed by atoms with E-state index in [2.05, 4.69) is 29.0 Å². The minimum atomic E-state index is 0.135. The lowest BCUT2D eigenvalue weighted by Gasteiger charge is -2.34. The number of hydrogen-bond donors (Lipinski definition) is 1. The summed E-state index contributed by atoms with van der Waals surface area (Å²) in [6.45, 7) is 4.26. The average Bonchev–Trinajstić information content (AvgIpc) is 2.46. The number of nitrogens with two attached hydrogens (primary N) is 1. The Hall–Kier alpha value is -1.90. The Kier molecular flexibility index (Phi) is 4.72. The third-order valence-corrected chi connectivity index (χ3v) is 3.68. The second-order valence-corrected chi connectivity index (χ2v) is 5.36. The molecule has 0 aliphatic carbocycles. The quantitative estimate of drug-likeness (QED) is 0.520. The van der Waals surface area contributed by atoms with E-state index in [1.54, 1.807) is 6.08 Å². The Morgan fingerprint density at radius 3 is 2.35 bits per heavy atom. The minimum absolute atomic E-state index is 0.135. The van der Waals surface area contributed by atoms with Crippen LogP contribution in [0.2, 0.25) is 0 Å². The molecule has 0 saturated carbocycles. The molecule has 0 bridgehead atoms. The Morgan fingerprint density at radius 2 is 1.85 bits per heavy atom. The van der Waals surface area contributed by atoms with Gasteiger partial charge in [-0.2, -0.15) is 5.26 Å². The number of benzene rings is 1. The molecule has 1 heterocycles. The summed E-state index contributed by atoms with van der Waals surface area (Å²) < 4.78 is 0.